The molecule has 0 aliphatic rings. The predicted molar refractivity (Wildman–Crippen MR) is 79.6 cm³/mol. The first-order valence-electron chi connectivity index (χ1n) is 6.19. The normalized spacial score (nSPS) is 12.0. The van der Waals surface area contributed by atoms with Crippen molar-refractivity contribution in [2.24, 2.45) is 0 Å². The largest absolute Gasteiger partial charge is 0.343 e. The predicted octanol–water partition coefficient (Wildman–Crippen LogP) is 2.52. The van der Waals surface area contributed by atoms with Gasteiger partial charge in [0.05, 0.1) is 0 Å². The van der Waals surface area contributed by atoms with Crippen LogP contribution in [0.4, 0.5) is 5.13 Å². The van der Waals surface area contributed by atoms with Crippen LogP contribution in [0, 0.1) is 6.92 Å². The van der Waals surface area contributed by atoms with Gasteiger partial charge in [0, 0.05) is 23.4 Å². The number of carbonyl (C=O) groups excluding carboxylic acids is 1. The lowest BCUT2D eigenvalue weighted by Gasteiger charge is -2.12. The third kappa shape index (κ3) is 3.74. The van der Waals surface area contributed by atoms with Crippen LogP contribution in [0.5, 0.6) is 0 Å². The summed E-state index contributed by atoms with van der Waals surface area (Å²) in [5, 5.41) is 12.1. The summed E-state index contributed by atoms with van der Waals surface area (Å²) in [6.07, 6.45) is 4.74. The van der Waals surface area contributed by atoms with E-state index in [1.807, 2.05) is 6.92 Å². The van der Waals surface area contributed by atoms with Crippen LogP contribution < -0.4 is 5.32 Å². The van der Waals surface area contributed by atoms with Crippen molar-refractivity contribution in [1.82, 2.24) is 20.2 Å². The van der Waals surface area contributed by atoms with Crippen molar-refractivity contribution in [3.05, 3.63) is 28.8 Å². The second kappa shape index (κ2) is 5.54. The number of imidazole rings is 1. The van der Waals surface area contributed by atoms with E-state index in [4.69, 9.17) is 0 Å². The van der Waals surface area contributed by atoms with Gasteiger partial charge in [-0.25, -0.2) is 4.98 Å². The van der Waals surface area contributed by atoms with Crippen molar-refractivity contribution in [2.75, 3.05) is 5.32 Å². The lowest BCUT2D eigenvalue weighted by Crippen LogP contribution is -2.10. The summed E-state index contributed by atoms with van der Waals surface area (Å²) in [6.45, 7) is 8.06. The number of carbonyl (C=O) groups is 1. The van der Waals surface area contributed by atoms with Gasteiger partial charge in [-0.05, 0) is 13.0 Å². The van der Waals surface area contributed by atoms with Crippen LogP contribution in [0.25, 0.3) is 6.08 Å². The fraction of sp³-hybridized carbons (Fsp3) is 0.385. The van der Waals surface area contributed by atoms with E-state index < -0.39 is 0 Å². The Morgan fingerprint density at radius 1 is 1.40 bits per heavy atom. The van der Waals surface area contributed by atoms with Crippen molar-refractivity contribution >= 4 is 28.5 Å². The van der Waals surface area contributed by atoms with Crippen LogP contribution in [0.3, 0.4) is 0 Å². The van der Waals surface area contributed by atoms with E-state index in [1.165, 1.54) is 17.4 Å². The number of anilines is 1. The van der Waals surface area contributed by atoms with Crippen molar-refractivity contribution in [3.63, 3.8) is 0 Å². The zero-order chi connectivity index (χ0) is 14.8. The van der Waals surface area contributed by atoms with Gasteiger partial charge in [-0.1, -0.05) is 32.1 Å². The maximum atomic E-state index is 11.8. The SMILES string of the molecule is Cc1cnc(/C=C/C(=O)Nc2nnc(C(C)(C)C)s2)[nH]1. The fourth-order valence-corrected chi connectivity index (χ4v) is 2.20. The number of nitrogens with one attached hydrogen (secondary N) is 2. The number of aromatic amines is 1. The minimum absolute atomic E-state index is 0.0673. The molecule has 0 spiro atoms. The molecule has 0 saturated heterocycles. The monoisotopic (exact) mass is 291 g/mol. The number of aromatic nitrogens is 4. The number of hydrogen-bond donors (Lipinski definition) is 2. The highest BCUT2D eigenvalue weighted by Gasteiger charge is 2.19. The molecule has 0 atom stereocenters. The number of hydrogen-bond acceptors (Lipinski definition) is 5. The topological polar surface area (TPSA) is 83.6 Å². The molecule has 0 bridgehead atoms. The number of amides is 1. The van der Waals surface area contributed by atoms with Crippen molar-refractivity contribution in [2.45, 2.75) is 33.1 Å². The number of aryl methyl sites for hydroxylation is 1. The molecule has 2 aromatic heterocycles. The Hall–Kier alpha value is -2.02. The van der Waals surface area contributed by atoms with Crippen LogP contribution in [-0.4, -0.2) is 26.1 Å². The summed E-state index contributed by atoms with van der Waals surface area (Å²) in [7, 11) is 0. The zero-order valence-corrected chi connectivity index (χ0v) is 12.7. The number of nitrogens with zero attached hydrogens (tertiary/aromatic N) is 3. The molecular weight excluding hydrogens is 274 g/mol. The van der Waals surface area contributed by atoms with Crippen molar-refractivity contribution in [3.8, 4) is 0 Å². The summed E-state index contributed by atoms with van der Waals surface area (Å²) in [5.74, 6) is 0.390. The van der Waals surface area contributed by atoms with E-state index in [1.54, 1.807) is 12.3 Å². The lowest BCUT2D eigenvalue weighted by molar-refractivity contribution is -0.111. The zero-order valence-electron chi connectivity index (χ0n) is 11.9. The molecule has 7 heteroatoms. The maximum absolute atomic E-state index is 11.8. The molecule has 6 nitrogen and oxygen atoms in total. The number of H-pyrrole nitrogens is 1. The quantitative estimate of drug-likeness (QED) is 0.851. The molecular formula is C13H17N5OS. The van der Waals surface area contributed by atoms with Gasteiger partial charge in [-0.15, -0.1) is 10.2 Å². The van der Waals surface area contributed by atoms with E-state index in [0.717, 1.165) is 10.7 Å². The highest BCUT2D eigenvalue weighted by Crippen LogP contribution is 2.27. The fourth-order valence-electron chi connectivity index (χ4n) is 1.40. The smallest absolute Gasteiger partial charge is 0.250 e. The van der Waals surface area contributed by atoms with Gasteiger partial charge in [-0.2, -0.15) is 0 Å². The minimum atomic E-state index is -0.254. The Labute approximate surface area is 121 Å². The average molecular weight is 291 g/mol. The van der Waals surface area contributed by atoms with Crippen LogP contribution in [0.2, 0.25) is 0 Å². The summed E-state index contributed by atoms with van der Waals surface area (Å²) in [4.78, 5) is 18.9. The van der Waals surface area contributed by atoms with Gasteiger partial charge in [-0.3, -0.25) is 10.1 Å². The first-order chi connectivity index (χ1) is 9.34. The highest BCUT2D eigenvalue weighted by molar-refractivity contribution is 7.15. The van der Waals surface area contributed by atoms with E-state index in [2.05, 4.69) is 46.3 Å². The molecule has 0 fully saturated rings. The molecule has 0 saturated carbocycles. The first-order valence-corrected chi connectivity index (χ1v) is 7.01. The Balaban J connectivity index is 1.98. The maximum Gasteiger partial charge on any atom is 0.250 e. The first kappa shape index (κ1) is 14.4. The molecule has 0 unspecified atom stereocenters. The molecule has 2 rings (SSSR count). The Morgan fingerprint density at radius 2 is 2.15 bits per heavy atom. The van der Waals surface area contributed by atoms with Gasteiger partial charge in [0.25, 0.3) is 0 Å². The average Bonchev–Trinajstić information content (AvgIpc) is 2.95. The Kier molecular flexibility index (Phi) is 3.99. The van der Waals surface area contributed by atoms with Gasteiger partial charge >= 0.3 is 0 Å². The number of rotatable bonds is 3. The minimum Gasteiger partial charge on any atom is -0.343 e. The molecule has 20 heavy (non-hydrogen) atoms. The lowest BCUT2D eigenvalue weighted by atomic mass is 9.98. The van der Waals surface area contributed by atoms with Gasteiger partial charge < -0.3 is 4.98 Å². The second-order valence-electron chi connectivity index (χ2n) is 5.44. The van der Waals surface area contributed by atoms with Crippen molar-refractivity contribution in [1.29, 1.82) is 0 Å². The Morgan fingerprint density at radius 3 is 2.70 bits per heavy atom. The van der Waals surface area contributed by atoms with E-state index in [0.29, 0.717) is 11.0 Å². The summed E-state index contributed by atoms with van der Waals surface area (Å²) >= 11 is 1.38. The standard InChI is InChI=1S/C13H17N5OS/c1-8-7-14-9(15-8)5-6-10(19)16-12-18-17-11(20-12)13(2,3)4/h5-7H,1-4H3,(H,14,15)(H,16,18,19)/b6-5+. The molecule has 0 aliphatic carbocycles. The molecule has 106 valence electrons. The third-order valence-corrected chi connectivity index (χ3v) is 3.68. The highest BCUT2D eigenvalue weighted by atomic mass is 32.1. The van der Waals surface area contributed by atoms with Crippen LogP contribution in [0.15, 0.2) is 12.3 Å². The van der Waals surface area contributed by atoms with E-state index >= 15 is 0 Å². The molecule has 0 radical (unpaired) electrons. The van der Waals surface area contributed by atoms with E-state index in [-0.39, 0.29) is 11.3 Å². The van der Waals surface area contributed by atoms with Gasteiger partial charge in [0.15, 0.2) is 0 Å². The molecule has 1 amide bonds. The molecule has 0 aliphatic heterocycles. The van der Waals surface area contributed by atoms with Crippen LogP contribution >= 0.6 is 11.3 Å². The molecule has 2 aromatic rings. The van der Waals surface area contributed by atoms with Gasteiger partial charge in [0.2, 0.25) is 11.0 Å². The van der Waals surface area contributed by atoms with Crippen LogP contribution in [-0.2, 0) is 10.2 Å². The Bertz CT molecular complexity index is 635. The third-order valence-electron chi connectivity index (χ3n) is 2.41. The van der Waals surface area contributed by atoms with Crippen LogP contribution in [0.1, 0.15) is 37.3 Å². The molecule has 2 heterocycles. The summed E-state index contributed by atoms with van der Waals surface area (Å²) < 4.78 is 0. The molecule has 0 aromatic carbocycles. The molecule has 2 N–H and O–H groups in total. The second-order valence-corrected chi connectivity index (χ2v) is 6.41. The summed E-state index contributed by atoms with van der Waals surface area (Å²) in [5.41, 5.74) is 0.881. The van der Waals surface area contributed by atoms with E-state index in [9.17, 15) is 4.79 Å². The summed E-state index contributed by atoms with van der Waals surface area (Å²) in [6, 6.07) is 0. The van der Waals surface area contributed by atoms with Crippen molar-refractivity contribution < 1.29 is 4.79 Å². The van der Waals surface area contributed by atoms with Gasteiger partial charge in [0.1, 0.15) is 10.8 Å².